The molecule has 0 radical (unpaired) electrons. The van der Waals surface area contributed by atoms with E-state index in [0.717, 1.165) is 12.8 Å². The molecule has 1 aromatic rings. The van der Waals surface area contributed by atoms with Crippen molar-refractivity contribution in [3.8, 4) is 0 Å². The summed E-state index contributed by atoms with van der Waals surface area (Å²) >= 11 is 0. The van der Waals surface area contributed by atoms with Gasteiger partial charge in [-0.2, -0.15) is 0 Å². The Labute approximate surface area is 123 Å². The van der Waals surface area contributed by atoms with Gasteiger partial charge in [0.25, 0.3) is 0 Å². The van der Waals surface area contributed by atoms with Crippen molar-refractivity contribution < 1.29 is 19.4 Å². The number of pyridine rings is 1. The van der Waals surface area contributed by atoms with Gasteiger partial charge in [-0.1, -0.05) is 0 Å². The van der Waals surface area contributed by atoms with E-state index in [0.29, 0.717) is 18.8 Å². The Morgan fingerprint density at radius 2 is 2.10 bits per heavy atom. The number of rotatable bonds is 8. The van der Waals surface area contributed by atoms with Gasteiger partial charge in [0.1, 0.15) is 5.69 Å². The zero-order valence-corrected chi connectivity index (χ0v) is 12.3. The molecule has 0 aromatic carbocycles. The number of aromatic nitrogens is 1. The number of anilines is 1. The maximum Gasteiger partial charge on any atom is 0.354 e. The maximum atomic E-state index is 11.6. The predicted octanol–water partition coefficient (Wildman–Crippen LogP) is 2.11. The molecule has 1 aromatic heterocycles. The van der Waals surface area contributed by atoms with E-state index in [-0.39, 0.29) is 17.8 Å². The second kappa shape index (κ2) is 8.91. The van der Waals surface area contributed by atoms with Gasteiger partial charge in [-0.15, -0.1) is 0 Å². The minimum atomic E-state index is -1.10. The molecule has 116 valence electrons. The van der Waals surface area contributed by atoms with Crippen LogP contribution in [0.25, 0.3) is 0 Å². The lowest BCUT2D eigenvalue weighted by Crippen LogP contribution is -2.29. The van der Waals surface area contributed by atoms with Crippen molar-refractivity contribution in [1.82, 2.24) is 10.3 Å². The normalized spacial score (nSPS) is 10.4. The molecule has 0 aliphatic carbocycles. The zero-order valence-electron chi connectivity index (χ0n) is 12.3. The fourth-order valence-corrected chi connectivity index (χ4v) is 1.52. The van der Waals surface area contributed by atoms with Crippen LogP contribution in [0, 0.1) is 0 Å². The van der Waals surface area contributed by atoms with Crippen LogP contribution in [0.2, 0.25) is 0 Å². The first-order chi connectivity index (χ1) is 9.99. The molecule has 0 spiro atoms. The number of nitrogens with one attached hydrogen (secondary N) is 2. The smallest absolute Gasteiger partial charge is 0.354 e. The average molecular weight is 295 g/mol. The van der Waals surface area contributed by atoms with Gasteiger partial charge in [-0.05, 0) is 38.8 Å². The summed E-state index contributed by atoms with van der Waals surface area (Å²) in [6, 6.07) is 2.48. The molecule has 1 heterocycles. The predicted molar refractivity (Wildman–Crippen MR) is 78.5 cm³/mol. The number of amides is 2. The molecule has 0 saturated carbocycles. The van der Waals surface area contributed by atoms with Gasteiger partial charge in [0, 0.05) is 13.2 Å². The molecule has 0 bridgehead atoms. The monoisotopic (exact) mass is 295 g/mol. The van der Waals surface area contributed by atoms with Gasteiger partial charge < -0.3 is 20.5 Å². The molecule has 0 saturated heterocycles. The Bertz CT molecular complexity index is 460. The molecule has 3 N–H and O–H groups in total. The Hall–Kier alpha value is -2.15. The second-order valence-corrected chi connectivity index (χ2v) is 4.74. The van der Waals surface area contributed by atoms with Crippen molar-refractivity contribution in [1.29, 1.82) is 0 Å². The molecule has 7 nitrogen and oxygen atoms in total. The van der Waals surface area contributed by atoms with Crippen LogP contribution in [0.5, 0.6) is 0 Å². The molecule has 0 aliphatic rings. The highest BCUT2D eigenvalue weighted by atomic mass is 16.5. The summed E-state index contributed by atoms with van der Waals surface area (Å²) in [6.07, 6.45) is 3.24. The fourth-order valence-electron chi connectivity index (χ4n) is 1.52. The van der Waals surface area contributed by atoms with E-state index in [1.807, 2.05) is 13.8 Å². The molecule has 0 fully saturated rings. The van der Waals surface area contributed by atoms with Crippen molar-refractivity contribution in [2.45, 2.75) is 32.8 Å². The highest BCUT2D eigenvalue weighted by Gasteiger charge is 2.05. The number of aromatic carboxylic acids is 1. The lowest BCUT2D eigenvalue weighted by atomic mass is 10.3. The van der Waals surface area contributed by atoms with Crippen LogP contribution >= 0.6 is 0 Å². The molecule has 1 rings (SSSR count). The summed E-state index contributed by atoms with van der Waals surface area (Å²) in [7, 11) is 0. The number of carboxylic acid groups (broad SMARTS) is 1. The quantitative estimate of drug-likeness (QED) is 0.638. The molecule has 0 atom stereocenters. The number of urea groups is 1. The van der Waals surface area contributed by atoms with Crippen molar-refractivity contribution in [2.24, 2.45) is 0 Å². The first-order valence-electron chi connectivity index (χ1n) is 6.85. The summed E-state index contributed by atoms with van der Waals surface area (Å²) in [6.45, 7) is 5.19. The van der Waals surface area contributed by atoms with E-state index in [9.17, 15) is 9.59 Å². The number of ether oxygens (including phenoxy) is 1. The Morgan fingerprint density at radius 1 is 1.33 bits per heavy atom. The molecule has 7 heteroatoms. The number of hydrogen-bond acceptors (Lipinski definition) is 4. The molecular weight excluding hydrogens is 274 g/mol. The van der Waals surface area contributed by atoms with Gasteiger partial charge in [0.05, 0.1) is 18.0 Å². The Morgan fingerprint density at radius 3 is 2.67 bits per heavy atom. The highest BCUT2D eigenvalue weighted by molar-refractivity contribution is 5.90. The largest absolute Gasteiger partial charge is 0.477 e. The lowest BCUT2D eigenvalue weighted by Gasteiger charge is -2.09. The number of hydrogen-bond donors (Lipinski definition) is 3. The summed E-state index contributed by atoms with van der Waals surface area (Å²) in [4.78, 5) is 25.9. The van der Waals surface area contributed by atoms with Crippen LogP contribution in [0.15, 0.2) is 18.3 Å². The van der Waals surface area contributed by atoms with Gasteiger partial charge >= 0.3 is 12.0 Å². The van der Waals surface area contributed by atoms with E-state index in [4.69, 9.17) is 9.84 Å². The first kappa shape index (κ1) is 16.9. The molecular formula is C14H21N3O4. The summed E-state index contributed by atoms with van der Waals surface area (Å²) in [5.74, 6) is -1.10. The topological polar surface area (TPSA) is 101 Å². The van der Waals surface area contributed by atoms with Gasteiger partial charge in [-0.3, -0.25) is 0 Å². The number of nitrogens with zero attached hydrogens (tertiary/aromatic N) is 1. The van der Waals surface area contributed by atoms with E-state index < -0.39 is 5.97 Å². The summed E-state index contributed by atoms with van der Waals surface area (Å²) < 4.78 is 5.39. The van der Waals surface area contributed by atoms with Gasteiger partial charge in [-0.25, -0.2) is 14.6 Å². The molecule has 2 amide bonds. The fraction of sp³-hybridized carbons (Fsp3) is 0.500. The van der Waals surface area contributed by atoms with Crippen molar-refractivity contribution in [3.05, 3.63) is 24.0 Å². The third kappa shape index (κ3) is 7.26. The second-order valence-electron chi connectivity index (χ2n) is 4.74. The van der Waals surface area contributed by atoms with Crippen molar-refractivity contribution >= 4 is 17.7 Å². The Kier molecular flexibility index (Phi) is 7.17. The van der Waals surface area contributed by atoms with E-state index in [2.05, 4.69) is 15.6 Å². The van der Waals surface area contributed by atoms with Crippen LogP contribution in [0.3, 0.4) is 0 Å². The minimum absolute atomic E-state index is 0.0638. The molecule has 0 unspecified atom stereocenters. The first-order valence-corrected chi connectivity index (χ1v) is 6.85. The van der Waals surface area contributed by atoms with Gasteiger partial charge in [0.2, 0.25) is 0 Å². The number of unbranched alkanes of at least 4 members (excludes halogenated alkanes) is 1. The minimum Gasteiger partial charge on any atom is -0.477 e. The summed E-state index contributed by atoms with van der Waals surface area (Å²) in [5.41, 5.74) is 0.381. The zero-order chi connectivity index (χ0) is 15.7. The summed E-state index contributed by atoms with van der Waals surface area (Å²) in [5, 5.41) is 14.0. The van der Waals surface area contributed by atoms with Crippen LogP contribution in [0.4, 0.5) is 10.5 Å². The lowest BCUT2D eigenvalue weighted by molar-refractivity contribution is 0.0690. The van der Waals surface area contributed by atoms with Crippen LogP contribution in [0.1, 0.15) is 37.2 Å². The van der Waals surface area contributed by atoms with Crippen LogP contribution in [-0.4, -0.2) is 41.3 Å². The average Bonchev–Trinajstić information content (AvgIpc) is 2.43. The third-order valence-corrected chi connectivity index (χ3v) is 2.55. The molecule has 21 heavy (non-hydrogen) atoms. The molecule has 0 aliphatic heterocycles. The maximum absolute atomic E-state index is 11.6. The third-order valence-electron chi connectivity index (χ3n) is 2.55. The Balaban J connectivity index is 2.20. The van der Waals surface area contributed by atoms with Crippen molar-refractivity contribution in [2.75, 3.05) is 18.5 Å². The van der Waals surface area contributed by atoms with Crippen LogP contribution in [-0.2, 0) is 4.74 Å². The van der Waals surface area contributed by atoms with Gasteiger partial charge in [0.15, 0.2) is 0 Å². The number of carboxylic acids is 1. The van der Waals surface area contributed by atoms with Crippen molar-refractivity contribution in [3.63, 3.8) is 0 Å². The standard InChI is InChI=1S/C14H21N3O4/c1-10(2)21-8-4-3-7-15-14(20)17-11-5-6-12(13(18)19)16-9-11/h5-6,9-10H,3-4,7-8H2,1-2H3,(H,18,19)(H2,15,17,20). The number of carbonyl (C=O) groups excluding carboxylic acids is 1. The van der Waals surface area contributed by atoms with E-state index in [1.54, 1.807) is 0 Å². The highest BCUT2D eigenvalue weighted by Crippen LogP contribution is 2.05. The van der Waals surface area contributed by atoms with Crippen LogP contribution < -0.4 is 10.6 Å². The van der Waals surface area contributed by atoms with E-state index in [1.165, 1.54) is 18.3 Å². The number of carbonyl (C=O) groups is 2. The van der Waals surface area contributed by atoms with E-state index >= 15 is 0 Å². The SMILES string of the molecule is CC(C)OCCCCNC(=O)Nc1ccc(C(=O)O)nc1.